The van der Waals surface area contributed by atoms with Crippen LogP contribution in [0.25, 0.3) is 16.8 Å². The standard InChI is InChI=1S/C14H14N2O.C2H6/c1-3-11-9-16(14-8-15-10(2)17-14)13-7-5-4-6-12(11)13;1-2/h4-9H,3H2,1-2H3;1-2H3. The Morgan fingerprint density at radius 2 is 1.95 bits per heavy atom. The van der Waals surface area contributed by atoms with Crippen LogP contribution in [-0.2, 0) is 6.42 Å². The van der Waals surface area contributed by atoms with Crippen LogP contribution in [0.4, 0.5) is 0 Å². The summed E-state index contributed by atoms with van der Waals surface area (Å²) in [5.74, 6) is 1.47. The summed E-state index contributed by atoms with van der Waals surface area (Å²) in [6.07, 6.45) is 4.91. The Morgan fingerprint density at radius 1 is 1.21 bits per heavy atom. The SMILES string of the molecule is CC.CCc1cn(-c2cnc(C)o2)c2ccccc12. The van der Waals surface area contributed by atoms with Gasteiger partial charge in [-0.15, -0.1) is 0 Å². The molecule has 0 spiro atoms. The maximum atomic E-state index is 5.59. The van der Waals surface area contributed by atoms with Crippen molar-refractivity contribution in [1.82, 2.24) is 9.55 Å². The smallest absolute Gasteiger partial charge is 0.224 e. The van der Waals surface area contributed by atoms with E-state index in [1.165, 1.54) is 16.5 Å². The van der Waals surface area contributed by atoms with Crippen LogP contribution in [-0.4, -0.2) is 9.55 Å². The Labute approximate surface area is 113 Å². The van der Waals surface area contributed by atoms with Crippen molar-refractivity contribution in [2.24, 2.45) is 0 Å². The van der Waals surface area contributed by atoms with Crippen molar-refractivity contribution in [1.29, 1.82) is 0 Å². The first kappa shape index (κ1) is 13.4. The van der Waals surface area contributed by atoms with Crippen LogP contribution in [0, 0.1) is 6.92 Å². The molecule has 0 aliphatic carbocycles. The number of hydrogen-bond acceptors (Lipinski definition) is 2. The lowest BCUT2D eigenvalue weighted by Gasteiger charge is -1.98. The molecule has 0 saturated heterocycles. The van der Waals surface area contributed by atoms with E-state index in [2.05, 4.69) is 40.9 Å². The van der Waals surface area contributed by atoms with E-state index in [1.807, 2.05) is 26.8 Å². The third-order valence-electron chi connectivity index (χ3n) is 3.02. The topological polar surface area (TPSA) is 31.0 Å². The largest absolute Gasteiger partial charge is 0.425 e. The Morgan fingerprint density at radius 3 is 2.58 bits per heavy atom. The number of aryl methyl sites for hydroxylation is 2. The van der Waals surface area contributed by atoms with Gasteiger partial charge in [-0.05, 0) is 18.1 Å². The molecule has 3 aromatic rings. The van der Waals surface area contributed by atoms with Gasteiger partial charge in [-0.2, -0.15) is 0 Å². The summed E-state index contributed by atoms with van der Waals surface area (Å²) in [5, 5.41) is 1.28. The lowest BCUT2D eigenvalue weighted by Crippen LogP contribution is -1.88. The van der Waals surface area contributed by atoms with Crippen LogP contribution in [0.1, 0.15) is 32.2 Å². The van der Waals surface area contributed by atoms with Gasteiger partial charge in [-0.1, -0.05) is 39.0 Å². The van der Waals surface area contributed by atoms with Gasteiger partial charge in [0.2, 0.25) is 5.88 Å². The van der Waals surface area contributed by atoms with Gasteiger partial charge in [-0.25, -0.2) is 4.98 Å². The normalized spacial score (nSPS) is 10.3. The van der Waals surface area contributed by atoms with Gasteiger partial charge in [0, 0.05) is 18.5 Å². The first-order valence-electron chi connectivity index (χ1n) is 6.81. The molecular formula is C16H20N2O. The average molecular weight is 256 g/mol. The quantitative estimate of drug-likeness (QED) is 0.675. The molecule has 0 atom stereocenters. The van der Waals surface area contributed by atoms with E-state index >= 15 is 0 Å². The van der Waals surface area contributed by atoms with Gasteiger partial charge in [0.05, 0.1) is 11.7 Å². The first-order chi connectivity index (χ1) is 9.29. The molecule has 19 heavy (non-hydrogen) atoms. The van der Waals surface area contributed by atoms with E-state index in [0.29, 0.717) is 5.89 Å². The molecule has 1 aromatic carbocycles. The van der Waals surface area contributed by atoms with E-state index < -0.39 is 0 Å². The van der Waals surface area contributed by atoms with Crippen molar-refractivity contribution >= 4 is 10.9 Å². The van der Waals surface area contributed by atoms with Crippen molar-refractivity contribution in [2.75, 3.05) is 0 Å². The Bertz CT molecular complexity index is 664. The fourth-order valence-electron chi connectivity index (χ4n) is 2.18. The number of para-hydroxylation sites is 1. The third-order valence-corrected chi connectivity index (χ3v) is 3.02. The van der Waals surface area contributed by atoms with Crippen LogP contribution in [0.5, 0.6) is 0 Å². The molecule has 0 N–H and O–H groups in total. The molecule has 0 radical (unpaired) electrons. The number of hydrogen-bond donors (Lipinski definition) is 0. The monoisotopic (exact) mass is 256 g/mol. The number of nitrogens with zero attached hydrogens (tertiary/aromatic N) is 2. The molecule has 0 saturated carbocycles. The summed E-state index contributed by atoms with van der Waals surface area (Å²) in [6.45, 7) is 8.02. The zero-order valence-corrected chi connectivity index (χ0v) is 12.0. The lowest BCUT2D eigenvalue weighted by atomic mass is 10.1. The predicted octanol–water partition coefficient (Wildman–Crippen LogP) is 4.52. The lowest BCUT2D eigenvalue weighted by molar-refractivity contribution is 0.503. The maximum absolute atomic E-state index is 5.59. The second-order valence-electron chi connectivity index (χ2n) is 4.11. The van der Waals surface area contributed by atoms with Crippen LogP contribution in [0.15, 0.2) is 41.1 Å². The highest BCUT2D eigenvalue weighted by Gasteiger charge is 2.10. The number of fused-ring (bicyclic) bond motifs is 1. The van der Waals surface area contributed by atoms with Gasteiger partial charge >= 0.3 is 0 Å². The minimum absolute atomic E-state index is 0.691. The minimum atomic E-state index is 0.691. The molecule has 0 amide bonds. The average Bonchev–Trinajstić information content (AvgIpc) is 3.04. The molecule has 0 aliphatic heterocycles. The molecule has 3 heteroatoms. The van der Waals surface area contributed by atoms with Gasteiger partial charge in [0.25, 0.3) is 0 Å². The van der Waals surface area contributed by atoms with Gasteiger partial charge < -0.3 is 4.42 Å². The summed E-state index contributed by atoms with van der Waals surface area (Å²) in [4.78, 5) is 4.15. The van der Waals surface area contributed by atoms with Crippen molar-refractivity contribution in [3.8, 4) is 5.88 Å². The van der Waals surface area contributed by atoms with E-state index in [0.717, 1.165) is 12.3 Å². The molecule has 3 rings (SSSR count). The van der Waals surface area contributed by atoms with Crippen molar-refractivity contribution in [3.05, 3.63) is 48.1 Å². The minimum Gasteiger partial charge on any atom is -0.425 e. The second kappa shape index (κ2) is 5.74. The van der Waals surface area contributed by atoms with Crippen molar-refractivity contribution in [3.63, 3.8) is 0 Å². The first-order valence-corrected chi connectivity index (χ1v) is 6.81. The molecule has 0 bridgehead atoms. The van der Waals surface area contributed by atoms with Crippen molar-refractivity contribution in [2.45, 2.75) is 34.1 Å². The highest BCUT2D eigenvalue weighted by Crippen LogP contribution is 2.25. The number of aromatic nitrogens is 2. The highest BCUT2D eigenvalue weighted by molar-refractivity contribution is 5.85. The fraction of sp³-hybridized carbons (Fsp3) is 0.312. The fourth-order valence-corrected chi connectivity index (χ4v) is 2.18. The zero-order chi connectivity index (χ0) is 13.8. The second-order valence-corrected chi connectivity index (χ2v) is 4.11. The summed E-state index contributed by atoms with van der Waals surface area (Å²) >= 11 is 0. The molecule has 2 heterocycles. The molecule has 0 unspecified atom stereocenters. The molecule has 0 aliphatic rings. The van der Waals surface area contributed by atoms with E-state index in [1.54, 1.807) is 6.20 Å². The van der Waals surface area contributed by atoms with Gasteiger partial charge in [-0.3, -0.25) is 4.57 Å². The summed E-state index contributed by atoms with van der Waals surface area (Å²) < 4.78 is 7.65. The van der Waals surface area contributed by atoms with E-state index in [9.17, 15) is 0 Å². The molecular weight excluding hydrogens is 236 g/mol. The van der Waals surface area contributed by atoms with E-state index in [4.69, 9.17) is 4.42 Å². The summed E-state index contributed by atoms with van der Waals surface area (Å²) in [5.41, 5.74) is 2.50. The summed E-state index contributed by atoms with van der Waals surface area (Å²) in [7, 11) is 0. The van der Waals surface area contributed by atoms with Gasteiger partial charge in [0.1, 0.15) is 0 Å². The van der Waals surface area contributed by atoms with Crippen LogP contribution < -0.4 is 0 Å². The zero-order valence-electron chi connectivity index (χ0n) is 12.0. The van der Waals surface area contributed by atoms with Crippen LogP contribution >= 0.6 is 0 Å². The molecule has 2 aromatic heterocycles. The molecule has 100 valence electrons. The van der Waals surface area contributed by atoms with Gasteiger partial charge in [0.15, 0.2) is 5.89 Å². The highest BCUT2D eigenvalue weighted by atomic mass is 16.4. The molecule has 3 nitrogen and oxygen atoms in total. The Kier molecular flexibility index (Phi) is 4.05. The summed E-state index contributed by atoms with van der Waals surface area (Å²) in [6, 6.07) is 8.36. The molecule has 0 fully saturated rings. The Hall–Kier alpha value is -2.03. The number of benzene rings is 1. The predicted molar refractivity (Wildman–Crippen MR) is 78.8 cm³/mol. The number of oxazole rings is 1. The number of rotatable bonds is 2. The van der Waals surface area contributed by atoms with E-state index in [-0.39, 0.29) is 0 Å². The van der Waals surface area contributed by atoms with Crippen LogP contribution in [0.3, 0.4) is 0 Å². The van der Waals surface area contributed by atoms with Crippen LogP contribution in [0.2, 0.25) is 0 Å². The van der Waals surface area contributed by atoms with Crippen molar-refractivity contribution < 1.29 is 4.42 Å². The third kappa shape index (κ3) is 2.41. The maximum Gasteiger partial charge on any atom is 0.224 e. The Balaban J connectivity index is 0.000000637.